The highest BCUT2D eigenvalue weighted by atomic mass is 32.2. The standard InChI is InChI=1S/C19H25N3O2S2/c1-11(16(23)20-12-7-3-4-8-12)25-19-21-17-15(18(24)22(19)2)13-9-5-6-10-14(13)26-17/h11-12H,3-10H2,1-2H3,(H,20,23)/t11-/m0/s1. The van der Waals surface area contributed by atoms with Crippen LogP contribution in [-0.4, -0.2) is 26.8 Å². The van der Waals surface area contributed by atoms with Gasteiger partial charge in [0.1, 0.15) is 4.83 Å². The van der Waals surface area contributed by atoms with Crippen LogP contribution in [0.2, 0.25) is 0 Å². The quantitative estimate of drug-likeness (QED) is 0.641. The van der Waals surface area contributed by atoms with Crippen LogP contribution in [0.3, 0.4) is 0 Å². The number of carbonyl (C=O) groups excluding carboxylic acids is 1. The number of hydrogen-bond acceptors (Lipinski definition) is 5. The number of aryl methyl sites for hydroxylation is 2. The average molecular weight is 392 g/mol. The number of aromatic nitrogens is 2. The zero-order chi connectivity index (χ0) is 18.3. The van der Waals surface area contributed by atoms with Crippen LogP contribution in [0.25, 0.3) is 10.2 Å². The second-order valence-electron chi connectivity index (χ2n) is 7.40. The summed E-state index contributed by atoms with van der Waals surface area (Å²) >= 11 is 3.04. The van der Waals surface area contributed by atoms with Gasteiger partial charge in [0.15, 0.2) is 5.16 Å². The summed E-state index contributed by atoms with van der Waals surface area (Å²) in [5, 5.41) is 4.31. The first kappa shape index (κ1) is 18.0. The van der Waals surface area contributed by atoms with Gasteiger partial charge in [-0.05, 0) is 51.0 Å². The predicted octanol–water partition coefficient (Wildman–Crippen LogP) is 3.41. The summed E-state index contributed by atoms with van der Waals surface area (Å²) in [6, 6.07) is 0.314. The third-order valence-electron chi connectivity index (χ3n) is 5.51. The minimum absolute atomic E-state index is 0.0281. The monoisotopic (exact) mass is 391 g/mol. The first-order valence-corrected chi connectivity index (χ1v) is 11.2. The molecule has 4 rings (SSSR count). The summed E-state index contributed by atoms with van der Waals surface area (Å²) in [4.78, 5) is 32.3. The predicted molar refractivity (Wildman–Crippen MR) is 107 cm³/mol. The lowest BCUT2D eigenvalue weighted by Gasteiger charge is -2.17. The molecule has 2 aliphatic carbocycles. The van der Waals surface area contributed by atoms with Crippen LogP contribution in [0, 0.1) is 0 Å². The molecule has 0 bridgehead atoms. The average Bonchev–Trinajstić information content (AvgIpc) is 3.26. The Hall–Kier alpha value is -1.34. The van der Waals surface area contributed by atoms with Crippen molar-refractivity contribution in [3.63, 3.8) is 0 Å². The Bertz CT molecular complexity index is 896. The number of hydrogen-bond donors (Lipinski definition) is 1. The molecule has 26 heavy (non-hydrogen) atoms. The first-order valence-electron chi connectivity index (χ1n) is 9.53. The molecule has 140 valence electrons. The molecule has 2 heterocycles. The van der Waals surface area contributed by atoms with Crippen molar-refractivity contribution in [2.45, 2.75) is 74.7 Å². The molecule has 5 nitrogen and oxygen atoms in total. The Morgan fingerprint density at radius 3 is 2.77 bits per heavy atom. The van der Waals surface area contributed by atoms with E-state index in [1.807, 2.05) is 6.92 Å². The third kappa shape index (κ3) is 3.31. The van der Waals surface area contributed by atoms with Crippen molar-refractivity contribution in [2.75, 3.05) is 0 Å². The van der Waals surface area contributed by atoms with Crippen LogP contribution in [0.4, 0.5) is 0 Å². The van der Waals surface area contributed by atoms with Gasteiger partial charge in [0.25, 0.3) is 5.56 Å². The van der Waals surface area contributed by atoms with Gasteiger partial charge < -0.3 is 5.32 Å². The second kappa shape index (κ2) is 7.35. The van der Waals surface area contributed by atoms with E-state index in [0.29, 0.717) is 11.2 Å². The molecule has 0 saturated heterocycles. The summed E-state index contributed by atoms with van der Waals surface area (Å²) in [6.45, 7) is 1.89. The number of carbonyl (C=O) groups is 1. The molecule has 2 aromatic rings. The van der Waals surface area contributed by atoms with Crippen LogP contribution in [-0.2, 0) is 24.7 Å². The smallest absolute Gasteiger partial charge is 0.262 e. The fourth-order valence-electron chi connectivity index (χ4n) is 3.97. The van der Waals surface area contributed by atoms with Gasteiger partial charge in [-0.2, -0.15) is 0 Å². The van der Waals surface area contributed by atoms with Crippen LogP contribution in [0.5, 0.6) is 0 Å². The van der Waals surface area contributed by atoms with Gasteiger partial charge in [-0.25, -0.2) is 4.98 Å². The molecule has 2 aliphatic rings. The molecule has 0 radical (unpaired) electrons. The molecule has 0 unspecified atom stereocenters. The fraction of sp³-hybridized carbons (Fsp3) is 0.632. The van der Waals surface area contributed by atoms with E-state index in [1.54, 1.807) is 23.0 Å². The molecule has 1 amide bonds. The van der Waals surface area contributed by atoms with Crippen molar-refractivity contribution in [1.29, 1.82) is 0 Å². The van der Waals surface area contributed by atoms with E-state index in [2.05, 4.69) is 5.32 Å². The minimum Gasteiger partial charge on any atom is -0.352 e. The molecule has 7 heteroatoms. The Labute approximate surface area is 161 Å². The van der Waals surface area contributed by atoms with E-state index in [-0.39, 0.29) is 16.7 Å². The topological polar surface area (TPSA) is 64.0 Å². The van der Waals surface area contributed by atoms with Crippen molar-refractivity contribution in [3.05, 3.63) is 20.8 Å². The Kier molecular flexibility index (Phi) is 5.10. The number of rotatable bonds is 4. The van der Waals surface area contributed by atoms with Gasteiger partial charge in [0, 0.05) is 18.0 Å². The lowest BCUT2D eigenvalue weighted by atomic mass is 9.97. The maximum atomic E-state index is 12.9. The van der Waals surface area contributed by atoms with Gasteiger partial charge in [0.2, 0.25) is 5.91 Å². The van der Waals surface area contributed by atoms with Crippen LogP contribution in [0.1, 0.15) is 55.9 Å². The van der Waals surface area contributed by atoms with E-state index in [9.17, 15) is 9.59 Å². The van der Waals surface area contributed by atoms with Crippen LogP contribution in [0.15, 0.2) is 9.95 Å². The number of thioether (sulfide) groups is 1. The maximum Gasteiger partial charge on any atom is 0.262 e. The highest BCUT2D eigenvalue weighted by Gasteiger charge is 2.25. The molecule has 2 aromatic heterocycles. The molecule has 1 saturated carbocycles. The van der Waals surface area contributed by atoms with Gasteiger partial charge >= 0.3 is 0 Å². The van der Waals surface area contributed by atoms with Crippen molar-refractivity contribution in [3.8, 4) is 0 Å². The van der Waals surface area contributed by atoms with Crippen molar-refractivity contribution < 1.29 is 4.79 Å². The number of thiophene rings is 1. The van der Waals surface area contributed by atoms with Crippen LogP contribution >= 0.6 is 23.1 Å². The molecule has 0 aliphatic heterocycles. The summed E-state index contributed by atoms with van der Waals surface area (Å²) in [6.07, 6.45) is 8.93. The second-order valence-corrected chi connectivity index (χ2v) is 9.79. The largest absolute Gasteiger partial charge is 0.352 e. The summed E-state index contributed by atoms with van der Waals surface area (Å²) in [5.41, 5.74) is 1.24. The van der Waals surface area contributed by atoms with Crippen molar-refractivity contribution in [1.82, 2.24) is 14.9 Å². The third-order valence-corrected chi connectivity index (χ3v) is 7.84. The molecule has 0 spiro atoms. The number of fused-ring (bicyclic) bond motifs is 3. The summed E-state index contributed by atoms with van der Waals surface area (Å²) in [5.74, 6) is 0.0433. The van der Waals surface area contributed by atoms with Crippen molar-refractivity contribution in [2.24, 2.45) is 7.05 Å². The molecular weight excluding hydrogens is 366 g/mol. The molecule has 0 aromatic carbocycles. The molecule has 1 N–H and O–H groups in total. The number of nitrogens with one attached hydrogen (secondary N) is 1. The van der Waals surface area contributed by atoms with E-state index >= 15 is 0 Å². The van der Waals surface area contributed by atoms with E-state index in [1.165, 1.54) is 41.5 Å². The highest BCUT2D eigenvalue weighted by molar-refractivity contribution is 8.00. The minimum atomic E-state index is -0.263. The van der Waals surface area contributed by atoms with Crippen molar-refractivity contribution >= 4 is 39.2 Å². The van der Waals surface area contributed by atoms with E-state index in [0.717, 1.165) is 42.3 Å². The lowest BCUT2D eigenvalue weighted by Crippen LogP contribution is -2.38. The zero-order valence-electron chi connectivity index (χ0n) is 15.3. The maximum absolute atomic E-state index is 12.9. The van der Waals surface area contributed by atoms with Gasteiger partial charge in [0.05, 0.1) is 10.6 Å². The van der Waals surface area contributed by atoms with Gasteiger partial charge in [-0.1, -0.05) is 24.6 Å². The Balaban J connectivity index is 1.59. The summed E-state index contributed by atoms with van der Waals surface area (Å²) < 4.78 is 1.62. The Morgan fingerprint density at radius 1 is 1.27 bits per heavy atom. The van der Waals surface area contributed by atoms with Gasteiger partial charge in [-0.15, -0.1) is 11.3 Å². The molecular formula is C19H25N3O2S2. The number of amides is 1. The highest BCUT2D eigenvalue weighted by Crippen LogP contribution is 2.35. The van der Waals surface area contributed by atoms with E-state index in [4.69, 9.17) is 4.98 Å². The summed E-state index contributed by atoms with van der Waals surface area (Å²) in [7, 11) is 1.77. The first-order chi connectivity index (χ1) is 12.5. The lowest BCUT2D eigenvalue weighted by molar-refractivity contribution is -0.120. The number of nitrogens with zero attached hydrogens (tertiary/aromatic N) is 2. The molecule has 1 atom stereocenters. The zero-order valence-corrected chi connectivity index (χ0v) is 17.0. The van der Waals surface area contributed by atoms with Crippen LogP contribution < -0.4 is 10.9 Å². The SMILES string of the molecule is C[C@H](Sc1nc2sc3c(c2c(=O)n1C)CCCC3)C(=O)NC1CCCC1. The molecule has 1 fully saturated rings. The fourth-order valence-corrected chi connectivity index (χ4v) is 6.16. The van der Waals surface area contributed by atoms with E-state index < -0.39 is 0 Å². The normalized spacial score (nSPS) is 18.8. The van der Waals surface area contributed by atoms with Gasteiger partial charge in [-0.3, -0.25) is 14.2 Å². The Morgan fingerprint density at radius 2 is 2.00 bits per heavy atom.